The Morgan fingerprint density at radius 2 is 1.96 bits per heavy atom. The fourth-order valence-corrected chi connectivity index (χ4v) is 2.48. The highest BCUT2D eigenvalue weighted by atomic mass is 79.9. The molecule has 1 aromatic carbocycles. The molecular weight excluding hydrogens is 362 g/mol. The van der Waals surface area contributed by atoms with Gasteiger partial charge in [0.15, 0.2) is 5.76 Å². The molecule has 23 heavy (non-hydrogen) atoms. The quantitative estimate of drug-likeness (QED) is 0.731. The molecule has 2 amide bonds. The molecule has 0 radical (unpaired) electrons. The number of anilines is 2. The Bertz CT molecular complexity index is 904. The number of aromatic nitrogens is 1. The van der Waals surface area contributed by atoms with E-state index in [1.807, 2.05) is 12.1 Å². The molecule has 3 aromatic rings. The Kier molecular flexibility index (Phi) is 4.12. The SMILES string of the molecule is CC(=O)Nc1ccncc1NC(=O)c1cc2cc(Br)ccc2o1. The van der Waals surface area contributed by atoms with Crippen LogP contribution in [0.25, 0.3) is 11.0 Å². The Morgan fingerprint density at radius 1 is 1.13 bits per heavy atom. The zero-order valence-corrected chi connectivity index (χ0v) is 13.7. The largest absolute Gasteiger partial charge is 0.451 e. The molecule has 3 rings (SSSR count). The number of fused-ring (bicyclic) bond motifs is 1. The Morgan fingerprint density at radius 3 is 2.74 bits per heavy atom. The predicted molar refractivity (Wildman–Crippen MR) is 90.4 cm³/mol. The zero-order valence-electron chi connectivity index (χ0n) is 12.1. The topological polar surface area (TPSA) is 84.2 Å². The van der Waals surface area contributed by atoms with Gasteiger partial charge in [-0.15, -0.1) is 0 Å². The van der Waals surface area contributed by atoms with Crippen LogP contribution in [0.15, 0.2) is 51.6 Å². The first-order valence-corrected chi connectivity index (χ1v) is 7.54. The summed E-state index contributed by atoms with van der Waals surface area (Å²) >= 11 is 3.37. The van der Waals surface area contributed by atoms with Crippen molar-refractivity contribution in [2.75, 3.05) is 10.6 Å². The molecule has 0 aliphatic heterocycles. The highest BCUT2D eigenvalue weighted by molar-refractivity contribution is 9.10. The molecule has 0 bridgehead atoms. The van der Waals surface area contributed by atoms with Gasteiger partial charge in [0, 0.05) is 23.0 Å². The molecule has 0 aliphatic carbocycles. The summed E-state index contributed by atoms with van der Waals surface area (Å²) in [5.41, 5.74) is 1.49. The summed E-state index contributed by atoms with van der Waals surface area (Å²) in [6.07, 6.45) is 2.99. The van der Waals surface area contributed by atoms with Crippen LogP contribution in [-0.2, 0) is 4.79 Å². The number of hydrogen-bond donors (Lipinski definition) is 2. The molecule has 2 aromatic heterocycles. The van der Waals surface area contributed by atoms with E-state index in [1.165, 1.54) is 19.3 Å². The molecule has 0 saturated heterocycles. The monoisotopic (exact) mass is 373 g/mol. The normalized spacial score (nSPS) is 10.5. The molecule has 0 aliphatic rings. The second-order valence-electron chi connectivity index (χ2n) is 4.85. The summed E-state index contributed by atoms with van der Waals surface area (Å²) < 4.78 is 6.44. The van der Waals surface area contributed by atoms with Crippen LogP contribution in [0.1, 0.15) is 17.5 Å². The summed E-state index contributed by atoms with van der Waals surface area (Å²) in [5.74, 6) is -0.479. The summed E-state index contributed by atoms with van der Waals surface area (Å²) in [6, 6.07) is 8.74. The average Bonchev–Trinajstić information content (AvgIpc) is 2.92. The van der Waals surface area contributed by atoms with Gasteiger partial charge in [-0.25, -0.2) is 0 Å². The van der Waals surface area contributed by atoms with Crippen LogP contribution in [0, 0.1) is 0 Å². The van der Waals surface area contributed by atoms with E-state index in [9.17, 15) is 9.59 Å². The molecular formula is C16H12BrN3O3. The third kappa shape index (κ3) is 3.40. The van der Waals surface area contributed by atoms with Crippen molar-refractivity contribution in [2.24, 2.45) is 0 Å². The lowest BCUT2D eigenvalue weighted by molar-refractivity contribution is -0.114. The standard InChI is InChI=1S/C16H12BrN3O3/c1-9(21)19-12-4-5-18-8-13(12)20-16(22)15-7-10-6-11(17)2-3-14(10)23-15/h2-8H,1H3,(H,20,22)(H,18,19,21). The molecule has 2 heterocycles. The van der Waals surface area contributed by atoms with Gasteiger partial charge >= 0.3 is 0 Å². The molecule has 2 N–H and O–H groups in total. The minimum atomic E-state index is -0.420. The second-order valence-corrected chi connectivity index (χ2v) is 5.77. The molecule has 6 nitrogen and oxygen atoms in total. The lowest BCUT2D eigenvalue weighted by Crippen LogP contribution is -2.14. The fraction of sp³-hybridized carbons (Fsp3) is 0.0625. The van der Waals surface area contributed by atoms with Crippen molar-refractivity contribution >= 4 is 50.1 Å². The summed E-state index contributed by atoms with van der Waals surface area (Å²) in [4.78, 5) is 27.5. The van der Waals surface area contributed by atoms with Crippen molar-refractivity contribution < 1.29 is 14.0 Å². The lowest BCUT2D eigenvalue weighted by Gasteiger charge is -2.09. The van der Waals surface area contributed by atoms with Gasteiger partial charge in [-0.3, -0.25) is 14.6 Å². The molecule has 7 heteroatoms. The Labute approximate surface area is 140 Å². The van der Waals surface area contributed by atoms with Crippen LogP contribution < -0.4 is 10.6 Å². The van der Waals surface area contributed by atoms with Crippen molar-refractivity contribution in [1.82, 2.24) is 4.98 Å². The first kappa shape index (κ1) is 15.2. The number of carbonyl (C=O) groups is 2. The Balaban J connectivity index is 1.87. The third-order valence-corrected chi connectivity index (χ3v) is 3.58. The van der Waals surface area contributed by atoms with E-state index < -0.39 is 5.91 Å². The summed E-state index contributed by atoms with van der Waals surface area (Å²) in [7, 11) is 0. The van der Waals surface area contributed by atoms with E-state index in [0.29, 0.717) is 17.0 Å². The molecule has 116 valence electrons. The summed E-state index contributed by atoms with van der Waals surface area (Å²) in [5, 5.41) is 6.14. The van der Waals surface area contributed by atoms with Gasteiger partial charge < -0.3 is 15.1 Å². The Hall–Kier alpha value is -2.67. The number of furan rings is 1. The third-order valence-electron chi connectivity index (χ3n) is 3.08. The zero-order chi connectivity index (χ0) is 16.4. The van der Waals surface area contributed by atoms with Crippen LogP contribution in [0.3, 0.4) is 0 Å². The lowest BCUT2D eigenvalue weighted by atomic mass is 10.2. The number of halogens is 1. The van der Waals surface area contributed by atoms with Crippen molar-refractivity contribution in [2.45, 2.75) is 6.92 Å². The number of amides is 2. The molecule has 0 fully saturated rings. The smallest absolute Gasteiger partial charge is 0.291 e. The van der Waals surface area contributed by atoms with E-state index in [0.717, 1.165) is 9.86 Å². The van der Waals surface area contributed by atoms with Gasteiger partial charge in [0.05, 0.1) is 17.6 Å². The first-order valence-electron chi connectivity index (χ1n) is 6.75. The van der Waals surface area contributed by atoms with E-state index in [2.05, 4.69) is 31.5 Å². The maximum absolute atomic E-state index is 12.3. The minimum absolute atomic E-state index is 0.177. The van der Waals surface area contributed by atoms with Crippen molar-refractivity contribution in [3.8, 4) is 0 Å². The van der Waals surface area contributed by atoms with E-state index >= 15 is 0 Å². The van der Waals surface area contributed by atoms with Gasteiger partial charge in [-0.2, -0.15) is 0 Å². The molecule has 0 saturated carbocycles. The number of carbonyl (C=O) groups excluding carboxylic acids is 2. The predicted octanol–water partition coefficient (Wildman–Crippen LogP) is 3.80. The number of nitrogens with zero attached hydrogens (tertiary/aromatic N) is 1. The maximum Gasteiger partial charge on any atom is 0.291 e. The van der Waals surface area contributed by atoms with Crippen LogP contribution in [0.2, 0.25) is 0 Å². The van der Waals surface area contributed by atoms with Gasteiger partial charge in [0.25, 0.3) is 5.91 Å². The van der Waals surface area contributed by atoms with Gasteiger partial charge in [0.2, 0.25) is 5.91 Å². The van der Waals surface area contributed by atoms with E-state index in [4.69, 9.17) is 4.42 Å². The van der Waals surface area contributed by atoms with Crippen LogP contribution in [0.4, 0.5) is 11.4 Å². The van der Waals surface area contributed by atoms with Crippen LogP contribution in [0.5, 0.6) is 0 Å². The average molecular weight is 374 g/mol. The first-order chi connectivity index (χ1) is 11.0. The number of rotatable bonds is 3. The maximum atomic E-state index is 12.3. The van der Waals surface area contributed by atoms with Gasteiger partial charge in [-0.1, -0.05) is 15.9 Å². The van der Waals surface area contributed by atoms with Crippen LogP contribution >= 0.6 is 15.9 Å². The minimum Gasteiger partial charge on any atom is -0.451 e. The molecule has 0 atom stereocenters. The van der Waals surface area contributed by atoms with Gasteiger partial charge in [-0.05, 0) is 30.3 Å². The number of benzene rings is 1. The second kappa shape index (κ2) is 6.21. The highest BCUT2D eigenvalue weighted by Crippen LogP contribution is 2.25. The van der Waals surface area contributed by atoms with Crippen molar-refractivity contribution in [1.29, 1.82) is 0 Å². The highest BCUT2D eigenvalue weighted by Gasteiger charge is 2.15. The van der Waals surface area contributed by atoms with Gasteiger partial charge in [0.1, 0.15) is 5.58 Å². The van der Waals surface area contributed by atoms with E-state index in [1.54, 1.807) is 18.2 Å². The number of pyridine rings is 1. The van der Waals surface area contributed by atoms with Crippen molar-refractivity contribution in [3.63, 3.8) is 0 Å². The number of hydrogen-bond acceptors (Lipinski definition) is 4. The molecule has 0 spiro atoms. The van der Waals surface area contributed by atoms with Crippen molar-refractivity contribution in [3.05, 3.63) is 53.0 Å². The summed E-state index contributed by atoms with van der Waals surface area (Å²) in [6.45, 7) is 1.39. The van der Waals surface area contributed by atoms with Crippen LogP contribution in [-0.4, -0.2) is 16.8 Å². The van der Waals surface area contributed by atoms with E-state index in [-0.39, 0.29) is 11.7 Å². The fourth-order valence-electron chi connectivity index (χ4n) is 2.10. The molecule has 0 unspecified atom stereocenters. The number of nitrogens with one attached hydrogen (secondary N) is 2.